The van der Waals surface area contributed by atoms with E-state index in [2.05, 4.69) is 16.5 Å². The molecule has 1 unspecified atom stereocenters. The number of imidazole rings is 1. The Hall–Kier alpha value is -3.21. The normalized spacial score (nSPS) is 18.2. The zero-order chi connectivity index (χ0) is 27.0. The van der Waals surface area contributed by atoms with Crippen LogP contribution < -0.4 is 14.2 Å². The molecule has 0 saturated carbocycles. The molecule has 2 aromatic carbocycles. The maximum Gasteiger partial charge on any atom is 0.161 e. The molecule has 0 amide bonds. The van der Waals surface area contributed by atoms with E-state index in [0.29, 0.717) is 37.8 Å². The van der Waals surface area contributed by atoms with Crippen LogP contribution >= 0.6 is 0 Å². The van der Waals surface area contributed by atoms with Gasteiger partial charge in [0.15, 0.2) is 11.5 Å². The van der Waals surface area contributed by atoms with Crippen LogP contribution in [0.2, 0.25) is 0 Å². The number of nitrogens with zero attached hydrogens (tertiary/aromatic N) is 3. The minimum Gasteiger partial charge on any atom is -0.493 e. The highest BCUT2D eigenvalue weighted by Crippen LogP contribution is 2.29. The molecule has 206 valence electrons. The van der Waals surface area contributed by atoms with Crippen LogP contribution in [0.5, 0.6) is 17.2 Å². The molecule has 1 fully saturated rings. The van der Waals surface area contributed by atoms with Gasteiger partial charge in [0.05, 0.1) is 26.9 Å². The Morgan fingerprint density at radius 1 is 1.11 bits per heavy atom. The molecule has 1 saturated heterocycles. The lowest BCUT2D eigenvalue weighted by atomic mass is 10.1. The van der Waals surface area contributed by atoms with E-state index in [1.54, 1.807) is 7.11 Å². The van der Waals surface area contributed by atoms with Crippen molar-refractivity contribution in [1.82, 2.24) is 14.5 Å². The van der Waals surface area contributed by atoms with Crippen molar-refractivity contribution < 1.29 is 32.8 Å². The van der Waals surface area contributed by atoms with E-state index in [-0.39, 0.29) is 25.5 Å². The molecule has 10 heteroatoms. The first kappa shape index (κ1) is 27.8. The second-order valence-electron chi connectivity index (χ2n) is 9.46. The summed E-state index contributed by atoms with van der Waals surface area (Å²) in [5.41, 5.74) is -0.364. The molecule has 8 nitrogen and oxygen atoms in total. The van der Waals surface area contributed by atoms with Gasteiger partial charge in [-0.3, -0.25) is 4.90 Å². The summed E-state index contributed by atoms with van der Waals surface area (Å²) < 4.78 is 51.8. The van der Waals surface area contributed by atoms with Crippen LogP contribution in [-0.2, 0) is 24.2 Å². The SMILES string of the molecule is CCc1nccn1CCCOc1ccc(CN2CCOCC(O)(COc3cc(F)cc(F)c3)C2)cc1OC. The molecule has 1 atom stereocenters. The molecule has 1 aromatic heterocycles. The van der Waals surface area contributed by atoms with E-state index in [1.165, 1.54) is 0 Å². The van der Waals surface area contributed by atoms with E-state index in [9.17, 15) is 13.9 Å². The molecule has 2 heterocycles. The quantitative estimate of drug-likeness (QED) is 0.356. The van der Waals surface area contributed by atoms with Crippen molar-refractivity contribution in [3.63, 3.8) is 0 Å². The molecule has 0 spiro atoms. The summed E-state index contributed by atoms with van der Waals surface area (Å²) in [6.45, 7) is 5.19. The van der Waals surface area contributed by atoms with Gasteiger partial charge in [-0.1, -0.05) is 13.0 Å². The second kappa shape index (κ2) is 13.0. The number of hydrogen-bond donors (Lipinski definition) is 1. The molecule has 1 aliphatic heterocycles. The number of ether oxygens (including phenoxy) is 4. The molecule has 0 radical (unpaired) electrons. The third-order valence-corrected chi connectivity index (χ3v) is 6.34. The van der Waals surface area contributed by atoms with Crippen molar-refractivity contribution >= 4 is 0 Å². The lowest BCUT2D eigenvalue weighted by Crippen LogP contribution is -2.48. The number of aryl methyl sites for hydroxylation is 2. The van der Waals surface area contributed by atoms with Crippen LogP contribution in [0.3, 0.4) is 0 Å². The molecule has 4 rings (SSSR count). The van der Waals surface area contributed by atoms with Gasteiger partial charge < -0.3 is 28.6 Å². The molecular formula is C28H35F2N3O5. The second-order valence-corrected chi connectivity index (χ2v) is 9.46. The number of aliphatic hydroxyl groups is 1. The third kappa shape index (κ3) is 7.66. The Morgan fingerprint density at radius 2 is 1.92 bits per heavy atom. The fraction of sp³-hybridized carbons (Fsp3) is 0.464. The van der Waals surface area contributed by atoms with E-state index in [4.69, 9.17) is 18.9 Å². The van der Waals surface area contributed by atoms with Crippen molar-refractivity contribution in [3.8, 4) is 17.2 Å². The smallest absolute Gasteiger partial charge is 0.161 e. The Bertz CT molecular complexity index is 1170. The Morgan fingerprint density at radius 3 is 2.68 bits per heavy atom. The van der Waals surface area contributed by atoms with Gasteiger partial charge in [-0.25, -0.2) is 13.8 Å². The number of halogens is 2. The highest BCUT2D eigenvalue weighted by molar-refractivity contribution is 5.43. The Balaban J connectivity index is 1.32. The van der Waals surface area contributed by atoms with Crippen LogP contribution in [0.15, 0.2) is 48.8 Å². The lowest BCUT2D eigenvalue weighted by molar-refractivity contribution is -0.0647. The van der Waals surface area contributed by atoms with Crippen molar-refractivity contribution in [2.75, 3.05) is 46.6 Å². The van der Waals surface area contributed by atoms with Crippen LogP contribution in [0.4, 0.5) is 8.78 Å². The Kier molecular flexibility index (Phi) is 9.54. The van der Waals surface area contributed by atoms with Crippen molar-refractivity contribution in [1.29, 1.82) is 0 Å². The van der Waals surface area contributed by atoms with Crippen LogP contribution in [-0.4, -0.2) is 71.8 Å². The molecular weight excluding hydrogens is 496 g/mol. The van der Waals surface area contributed by atoms with Gasteiger partial charge in [0.25, 0.3) is 0 Å². The van der Waals surface area contributed by atoms with Crippen molar-refractivity contribution in [2.45, 2.75) is 38.5 Å². The molecule has 0 bridgehead atoms. The van der Waals surface area contributed by atoms with Gasteiger partial charge in [0.2, 0.25) is 0 Å². The van der Waals surface area contributed by atoms with Crippen LogP contribution in [0.1, 0.15) is 24.7 Å². The zero-order valence-corrected chi connectivity index (χ0v) is 21.9. The lowest BCUT2D eigenvalue weighted by Gasteiger charge is -2.30. The zero-order valence-electron chi connectivity index (χ0n) is 21.9. The van der Waals surface area contributed by atoms with Gasteiger partial charge in [-0.05, 0) is 24.1 Å². The van der Waals surface area contributed by atoms with Gasteiger partial charge in [0, 0.05) is 63.2 Å². The van der Waals surface area contributed by atoms with Crippen molar-refractivity contribution in [3.05, 3.63) is 71.8 Å². The third-order valence-electron chi connectivity index (χ3n) is 6.34. The van der Waals surface area contributed by atoms with Gasteiger partial charge in [0.1, 0.15) is 35.4 Å². The first-order valence-corrected chi connectivity index (χ1v) is 12.8. The highest BCUT2D eigenvalue weighted by atomic mass is 19.1. The number of benzene rings is 2. The summed E-state index contributed by atoms with van der Waals surface area (Å²) in [4.78, 5) is 6.39. The topological polar surface area (TPSA) is 78.2 Å². The van der Waals surface area contributed by atoms with E-state index in [0.717, 1.165) is 49.0 Å². The molecule has 1 N–H and O–H groups in total. The summed E-state index contributed by atoms with van der Waals surface area (Å²) in [6.07, 6.45) is 5.53. The highest BCUT2D eigenvalue weighted by Gasteiger charge is 2.33. The van der Waals surface area contributed by atoms with E-state index >= 15 is 0 Å². The maximum absolute atomic E-state index is 13.5. The van der Waals surface area contributed by atoms with Gasteiger partial charge in [-0.15, -0.1) is 0 Å². The summed E-state index contributed by atoms with van der Waals surface area (Å²) in [6, 6.07) is 8.73. The van der Waals surface area contributed by atoms with E-state index < -0.39 is 17.2 Å². The minimum absolute atomic E-state index is 0.0166. The average molecular weight is 532 g/mol. The molecule has 3 aromatic rings. The number of rotatable bonds is 12. The largest absolute Gasteiger partial charge is 0.493 e. The number of aromatic nitrogens is 2. The van der Waals surface area contributed by atoms with Crippen molar-refractivity contribution in [2.24, 2.45) is 0 Å². The fourth-order valence-corrected chi connectivity index (χ4v) is 4.51. The number of hydrogen-bond acceptors (Lipinski definition) is 7. The predicted octanol–water partition coefficient (Wildman–Crippen LogP) is 3.84. The molecule has 0 aliphatic carbocycles. The van der Waals surface area contributed by atoms with Gasteiger partial charge >= 0.3 is 0 Å². The van der Waals surface area contributed by atoms with Gasteiger partial charge in [-0.2, -0.15) is 0 Å². The first-order chi connectivity index (χ1) is 18.4. The predicted molar refractivity (Wildman–Crippen MR) is 138 cm³/mol. The standard InChI is InChI=1S/C28H35F2N3O5/c1-3-27-31-7-9-33(27)8-4-11-37-25-6-5-21(13-26(25)35-2)17-32-10-12-36-19-28(34,18-32)20-38-24-15-22(29)14-23(30)16-24/h5-7,9,13-16,34H,3-4,8,10-12,17-20H2,1-2H3. The summed E-state index contributed by atoms with van der Waals surface area (Å²) >= 11 is 0. The minimum atomic E-state index is -1.35. The molecule has 1 aliphatic rings. The monoisotopic (exact) mass is 531 g/mol. The summed E-state index contributed by atoms with van der Waals surface area (Å²) in [7, 11) is 1.61. The Labute approximate surface area is 221 Å². The first-order valence-electron chi connectivity index (χ1n) is 12.8. The summed E-state index contributed by atoms with van der Waals surface area (Å²) in [5, 5.41) is 11.1. The van der Waals surface area contributed by atoms with Crippen LogP contribution in [0, 0.1) is 11.6 Å². The summed E-state index contributed by atoms with van der Waals surface area (Å²) in [5.74, 6) is 0.906. The number of β-amino-alcohol motifs (C(OH)–C–C–N with tert-alkyl or cyclic N) is 1. The number of methoxy groups -OCH3 is 1. The molecule has 38 heavy (non-hydrogen) atoms. The maximum atomic E-state index is 13.5. The fourth-order valence-electron chi connectivity index (χ4n) is 4.51. The average Bonchev–Trinajstić information content (AvgIpc) is 3.27. The van der Waals surface area contributed by atoms with Crippen LogP contribution in [0.25, 0.3) is 0 Å². The van der Waals surface area contributed by atoms with E-state index in [1.807, 2.05) is 35.5 Å².